The molecule has 0 heterocycles. The minimum atomic E-state index is 0. The maximum Gasteiger partial charge on any atom is 0.115 e. The summed E-state index contributed by atoms with van der Waals surface area (Å²) in [6.45, 7) is 7.41. The number of benzene rings is 1. The van der Waals surface area contributed by atoms with Crippen molar-refractivity contribution < 1.29 is 16.1 Å². The zero-order valence-electron chi connectivity index (χ0n) is 10.1. The molecule has 0 saturated heterocycles. The van der Waals surface area contributed by atoms with Crippen molar-refractivity contribution in [3.8, 4) is 5.75 Å². The molecule has 0 fully saturated rings. The Bertz CT molecular complexity index is 253. The van der Waals surface area contributed by atoms with Gasteiger partial charge in [-0.1, -0.05) is 26.0 Å². The van der Waals surface area contributed by atoms with Gasteiger partial charge in [0.1, 0.15) is 5.75 Å². The number of phenolic OH excluding ortho intramolecular Hbond substituents is 1. The summed E-state index contributed by atoms with van der Waals surface area (Å²) in [5.74, 6) is 0.336. The number of hydrogen-bond acceptors (Lipinski definition) is 2. The molecule has 0 radical (unpaired) electrons. The molecule has 0 aliphatic rings. The molecule has 1 aromatic rings. The third kappa shape index (κ3) is 9.21. The standard InChI is InChI=1S/C11H17NO.2ClH.2H2O/c1-3-12(4-2)9-10-5-7-11(13)8-6-10;;;;/h5-8,13H,3-4,9H2,1-2H3;2*1H;2*1H2. The lowest BCUT2D eigenvalue weighted by Crippen LogP contribution is -2.21. The van der Waals surface area contributed by atoms with Crippen LogP contribution in [-0.4, -0.2) is 34.0 Å². The number of phenols is 1. The Kier molecular flexibility index (Phi) is 20.2. The number of hydrogen-bond donors (Lipinski definition) is 1. The fourth-order valence-corrected chi connectivity index (χ4v) is 1.31. The monoisotopic (exact) mass is 287 g/mol. The van der Waals surface area contributed by atoms with Gasteiger partial charge < -0.3 is 16.1 Å². The van der Waals surface area contributed by atoms with Gasteiger partial charge in [0.15, 0.2) is 0 Å². The quantitative estimate of drug-likeness (QED) is 0.908. The molecule has 0 atom stereocenters. The second-order valence-electron chi connectivity index (χ2n) is 3.13. The summed E-state index contributed by atoms with van der Waals surface area (Å²) in [6.07, 6.45) is 0. The van der Waals surface area contributed by atoms with Crippen LogP contribution in [0.25, 0.3) is 0 Å². The van der Waals surface area contributed by atoms with Crippen molar-refractivity contribution in [2.75, 3.05) is 13.1 Å². The highest BCUT2D eigenvalue weighted by molar-refractivity contribution is 5.85. The van der Waals surface area contributed by atoms with Gasteiger partial charge in [-0.3, -0.25) is 4.90 Å². The summed E-state index contributed by atoms with van der Waals surface area (Å²) >= 11 is 0. The van der Waals surface area contributed by atoms with Crippen LogP contribution in [0.3, 0.4) is 0 Å². The van der Waals surface area contributed by atoms with Crippen LogP contribution in [0.4, 0.5) is 0 Å². The first-order valence-corrected chi connectivity index (χ1v) is 4.76. The van der Waals surface area contributed by atoms with Crippen LogP contribution in [-0.2, 0) is 6.54 Å². The topological polar surface area (TPSA) is 86.5 Å². The van der Waals surface area contributed by atoms with Crippen LogP contribution in [0, 0.1) is 0 Å². The number of rotatable bonds is 4. The fourth-order valence-electron chi connectivity index (χ4n) is 1.31. The fraction of sp³-hybridized carbons (Fsp3) is 0.455. The van der Waals surface area contributed by atoms with Crippen molar-refractivity contribution in [2.24, 2.45) is 0 Å². The molecular formula is C11H23Cl2NO3. The third-order valence-electron chi connectivity index (χ3n) is 2.24. The molecule has 0 bridgehead atoms. The minimum Gasteiger partial charge on any atom is -0.508 e. The third-order valence-corrected chi connectivity index (χ3v) is 2.24. The molecule has 0 aliphatic heterocycles. The van der Waals surface area contributed by atoms with Crippen molar-refractivity contribution in [1.29, 1.82) is 0 Å². The zero-order chi connectivity index (χ0) is 9.68. The van der Waals surface area contributed by atoms with E-state index in [-0.39, 0.29) is 35.8 Å². The Hall–Kier alpha value is -0.520. The summed E-state index contributed by atoms with van der Waals surface area (Å²) < 4.78 is 0. The van der Waals surface area contributed by atoms with Crippen LogP contribution in [0.2, 0.25) is 0 Å². The van der Waals surface area contributed by atoms with Crippen LogP contribution in [0.1, 0.15) is 19.4 Å². The largest absolute Gasteiger partial charge is 0.508 e. The van der Waals surface area contributed by atoms with E-state index in [4.69, 9.17) is 5.11 Å². The first-order valence-electron chi connectivity index (χ1n) is 4.76. The second-order valence-corrected chi connectivity index (χ2v) is 3.13. The van der Waals surface area contributed by atoms with Gasteiger partial charge in [0.05, 0.1) is 0 Å². The molecule has 1 rings (SSSR count). The SMILES string of the molecule is CCN(CC)Cc1ccc(O)cc1.Cl.Cl.O.O. The molecule has 6 heteroatoms. The molecule has 0 amide bonds. The van der Waals surface area contributed by atoms with E-state index in [2.05, 4.69) is 18.7 Å². The lowest BCUT2D eigenvalue weighted by atomic mass is 10.2. The van der Waals surface area contributed by atoms with Crippen molar-refractivity contribution in [3.63, 3.8) is 0 Å². The zero-order valence-corrected chi connectivity index (χ0v) is 11.8. The van der Waals surface area contributed by atoms with E-state index in [0.717, 1.165) is 19.6 Å². The Labute approximate surface area is 115 Å². The normalized spacial score (nSPS) is 8.18. The Morgan fingerprint density at radius 2 is 1.35 bits per heavy atom. The Balaban J connectivity index is -0.000000211. The first kappa shape index (κ1) is 25.4. The maximum absolute atomic E-state index is 9.09. The van der Waals surface area contributed by atoms with Crippen LogP contribution in [0.5, 0.6) is 5.75 Å². The van der Waals surface area contributed by atoms with Gasteiger partial charge >= 0.3 is 0 Å². The molecule has 1 aromatic carbocycles. The van der Waals surface area contributed by atoms with Crippen LogP contribution in [0.15, 0.2) is 24.3 Å². The van der Waals surface area contributed by atoms with E-state index in [0.29, 0.717) is 5.75 Å². The number of aromatic hydroxyl groups is 1. The van der Waals surface area contributed by atoms with E-state index < -0.39 is 0 Å². The van der Waals surface area contributed by atoms with Crippen molar-refractivity contribution in [1.82, 2.24) is 4.90 Å². The molecule has 104 valence electrons. The summed E-state index contributed by atoms with van der Waals surface area (Å²) in [6, 6.07) is 7.40. The van der Waals surface area contributed by atoms with Gasteiger partial charge in [0.2, 0.25) is 0 Å². The second kappa shape index (κ2) is 13.5. The van der Waals surface area contributed by atoms with Crippen molar-refractivity contribution in [2.45, 2.75) is 20.4 Å². The van der Waals surface area contributed by atoms with E-state index >= 15 is 0 Å². The minimum absolute atomic E-state index is 0. The molecule has 4 nitrogen and oxygen atoms in total. The smallest absolute Gasteiger partial charge is 0.115 e. The summed E-state index contributed by atoms with van der Waals surface area (Å²) in [7, 11) is 0. The molecule has 0 unspecified atom stereocenters. The number of halogens is 2. The molecule has 0 spiro atoms. The predicted octanol–water partition coefficient (Wildman–Crippen LogP) is 1.43. The summed E-state index contributed by atoms with van der Waals surface area (Å²) in [5, 5.41) is 9.09. The number of nitrogens with zero attached hydrogens (tertiary/aromatic N) is 1. The Morgan fingerprint density at radius 3 is 1.71 bits per heavy atom. The molecule has 0 saturated carbocycles. The van der Waals surface area contributed by atoms with Gasteiger partial charge in [-0.05, 0) is 30.8 Å². The highest BCUT2D eigenvalue weighted by Gasteiger charge is 1.99. The van der Waals surface area contributed by atoms with Crippen LogP contribution >= 0.6 is 24.8 Å². The molecule has 5 N–H and O–H groups in total. The lowest BCUT2D eigenvalue weighted by molar-refractivity contribution is 0.296. The lowest BCUT2D eigenvalue weighted by Gasteiger charge is -2.17. The van der Waals surface area contributed by atoms with Gasteiger partial charge in [0.25, 0.3) is 0 Å². The van der Waals surface area contributed by atoms with E-state index in [9.17, 15) is 0 Å². The van der Waals surface area contributed by atoms with E-state index in [1.54, 1.807) is 12.1 Å². The van der Waals surface area contributed by atoms with Gasteiger partial charge in [-0.25, -0.2) is 0 Å². The van der Waals surface area contributed by atoms with E-state index in [1.165, 1.54) is 5.56 Å². The van der Waals surface area contributed by atoms with E-state index in [1.807, 2.05) is 12.1 Å². The van der Waals surface area contributed by atoms with Crippen LogP contribution < -0.4 is 0 Å². The average molecular weight is 288 g/mol. The maximum atomic E-state index is 9.09. The molecular weight excluding hydrogens is 265 g/mol. The van der Waals surface area contributed by atoms with Gasteiger partial charge in [0, 0.05) is 6.54 Å². The van der Waals surface area contributed by atoms with Gasteiger partial charge in [-0.15, -0.1) is 24.8 Å². The molecule has 0 aromatic heterocycles. The summed E-state index contributed by atoms with van der Waals surface area (Å²) in [5.41, 5.74) is 1.25. The molecule has 17 heavy (non-hydrogen) atoms. The highest BCUT2D eigenvalue weighted by Crippen LogP contribution is 2.11. The van der Waals surface area contributed by atoms with Crippen molar-refractivity contribution >= 4 is 24.8 Å². The van der Waals surface area contributed by atoms with Crippen molar-refractivity contribution in [3.05, 3.63) is 29.8 Å². The predicted molar refractivity (Wildman–Crippen MR) is 76.5 cm³/mol. The first-order chi connectivity index (χ1) is 6.26. The highest BCUT2D eigenvalue weighted by atomic mass is 35.5. The summed E-state index contributed by atoms with van der Waals surface area (Å²) in [4.78, 5) is 2.34. The Morgan fingerprint density at radius 1 is 0.941 bits per heavy atom. The average Bonchev–Trinajstić information content (AvgIpc) is 2.17. The van der Waals surface area contributed by atoms with Gasteiger partial charge in [-0.2, -0.15) is 0 Å². The molecule has 0 aliphatic carbocycles.